The van der Waals surface area contributed by atoms with Crippen molar-refractivity contribution in [2.75, 3.05) is 30.7 Å². The summed E-state index contributed by atoms with van der Waals surface area (Å²) in [6, 6.07) is 5.03. The number of carbonyl (C=O) groups excluding carboxylic acids is 1. The van der Waals surface area contributed by atoms with Gasteiger partial charge >= 0.3 is 0 Å². The van der Waals surface area contributed by atoms with Crippen LogP contribution in [0.4, 0.5) is 5.69 Å². The molecule has 0 unspecified atom stereocenters. The molecule has 0 radical (unpaired) electrons. The van der Waals surface area contributed by atoms with Gasteiger partial charge in [-0.25, -0.2) is 8.42 Å². The minimum Gasteiger partial charge on any atom is -0.351 e. The Morgan fingerprint density at radius 3 is 2.46 bits per heavy atom. The number of rotatable bonds is 6. The maximum Gasteiger partial charge on any atom is 0.244 e. The number of carbonyl (C=O) groups is 1. The van der Waals surface area contributed by atoms with Crippen molar-refractivity contribution >= 4 is 21.6 Å². The summed E-state index contributed by atoms with van der Waals surface area (Å²) in [5, 5.41) is 3.08. The number of hydrogen-bond donors (Lipinski definition) is 1. The Morgan fingerprint density at radius 2 is 1.92 bits per heavy atom. The second-order valence-electron chi connectivity index (χ2n) is 7.36. The molecule has 1 saturated heterocycles. The van der Waals surface area contributed by atoms with Crippen LogP contribution in [0, 0.1) is 13.8 Å². The molecule has 0 bridgehead atoms. The number of hydrogen-bond acceptors (Lipinski definition) is 4. The molecule has 0 spiro atoms. The van der Waals surface area contributed by atoms with Crippen molar-refractivity contribution in [2.45, 2.75) is 52.1 Å². The van der Waals surface area contributed by atoms with Gasteiger partial charge in [-0.2, -0.15) is 0 Å². The molecule has 6 nitrogen and oxygen atoms in total. The van der Waals surface area contributed by atoms with Gasteiger partial charge in [-0.3, -0.25) is 9.10 Å². The second-order valence-corrected chi connectivity index (χ2v) is 9.22. The van der Waals surface area contributed by atoms with E-state index in [9.17, 15) is 13.2 Å². The minimum absolute atomic E-state index is 0.104. The van der Waals surface area contributed by atoms with Crippen molar-refractivity contribution in [2.24, 2.45) is 0 Å². The highest BCUT2D eigenvalue weighted by atomic mass is 32.2. The summed E-state index contributed by atoms with van der Waals surface area (Å²) in [6.45, 7) is 7.52. The largest absolute Gasteiger partial charge is 0.351 e. The summed E-state index contributed by atoms with van der Waals surface area (Å²) in [4.78, 5) is 15.2. The van der Waals surface area contributed by atoms with E-state index in [-0.39, 0.29) is 11.9 Å². The van der Waals surface area contributed by atoms with Crippen molar-refractivity contribution < 1.29 is 13.2 Å². The topological polar surface area (TPSA) is 69.7 Å². The standard InChI is InChI=1S/C19H31N3O3S/c1-6-17(19(23)20-16-9-11-21(4)12-10-16)22(26(5,24)25)18-13-14(2)7-8-15(18)3/h7-8,13,16-17H,6,9-12H2,1-5H3,(H,20,23)/t17-/m1/s1. The third-order valence-electron chi connectivity index (χ3n) is 5.00. The highest BCUT2D eigenvalue weighted by Crippen LogP contribution is 2.27. The summed E-state index contributed by atoms with van der Waals surface area (Å²) in [5.41, 5.74) is 2.38. The Kier molecular flexibility index (Phi) is 6.69. The highest BCUT2D eigenvalue weighted by molar-refractivity contribution is 7.92. The maximum absolute atomic E-state index is 13.0. The van der Waals surface area contributed by atoms with Gasteiger partial charge in [0.25, 0.3) is 0 Å². The molecule has 26 heavy (non-hydrogen) atoms. The van der Waals surface area contributed by atoms with E-state index in [0.717, 1.165) is 37.1 Å². The van der Waals surface area contributed by atoms with E-state index in [1.54, 1.807) is 0 Å². The molecule has 1 amide bonds. The molecule has 1 N–H and O–H groups in total. The zero-order valence-electron chi connectivity index (χ0n) is 16.4. The normalized spacial score (nSPS) is 17.7. The number of anilines is 1. The third kappa shape index (κ3) is 4.98. The van der Waals surface area contributed by atoms with Crippen LogP contribution in [0.15, 0.2) is 18.2 Å². The smallest absolute Gasteiger partial charge is 0.244 e. The van der Waals surface area contributed by atoms with Crippen LogP contribution in [-0.2, 0) is 14.8 Å². The van der Waals surface area contributed by atoms with Crippen molar-refractivity contribution in [1.82, 2.24) is 10.2 Å². The Bertz CT molecular complexity index is 740. The summed E-state index contributed by atoms with van der Waals surface area (Å²) >= 11 is 0. The molecule has 2 rings (SSSR count). The average Bonchev–Trinajstić information content (AvgIpc) is 2.56. The molecule has 146 valence electrons. The molecule has 0 aromatic heterocycles. The van der Waals surface area contributed by atoms with Gasteiger partial charge < -0.3 is 10.2 Å². The SMILES string of the molecule is CC[C@H](C(=O)NC1CCN(C)CC1)N(c1cc(C)ccc1C)S(C)(=O)=O. The summed E-state index contributed by atoms with van der Waals surface area (Å²) in [6.07, 6.45) is 3.36. The predicted molar refractivity (Wildman–Crippen MR) is 106 cm³/mol. The van der Waals surface area contributed by atoms with Gasteiger partial charge in [-0.15, -0.1) is 0 Å². The van der Waals surface area contributed by atoms with Gasteiger partial charge in [0.1, 0.15) is 6.04 Å². The minimum atomic E-state index is -3.60. The lowest BCUT2D eigenvalue weighted by molar-refractivity contribution is -0.123. The summed E-state index contributed by atoms with van der Waals surface area (Å²) in [7, 11) is -1.53. The van der Waals surface area contributed by atoms with Crippen molar-refractivity contribution in [1.29, 1.82) is 0 Å². The van der Waals surface area contributed by atoms with Crippen molar-refractivity contribution in [3.63, 3.8) is 0 Å². The Balaban J connectivity index is 2.30. The molecule has 1 aromatic carbocycles. The molecule has 0 aliphatic carbocycles. The molecule has 1 aliphatic rings. The van der Waals surface area contributed by atoms with Crippen LogP contribution in [0.1, 0.15) is 37.3 Å². The number of nitrogens with one attached hydrogen (secondary N) is 1. The molecule has 7 heteroatoms. The van der Waals surface area contributed by atoms with E-state index in [4.69, 9.17) is 0 Å². The van der Waals surface area contributed by atoms with Gasteiger partial charge in [-0.05, 0) is 70.4 Å². The fourth-order valence-corrected chi connectivity index (χ4v) is 4.70. The lowest BCUT2D eigenvalue weighted by Crippen LogP contribution is -2.53. The van der Waals surface area contributed by atoms with E-state index in [2.05, 4.69) is 17.3 Å². The van der Waals surface area contributed by atoms with Crippen LogP contribution in [-0.4, -0.2) is 57.7 Å². The van der Waals surface area contributed by atoms with Crippen LogP contribution in [0.2, 0.25) is 0 Å². The van der Waals surface area contributed by atoms with E-state index in [1.165, 1.54) is 10.6 Å². The lowest BCUT2D eigenvalue weighted by Gasteiger charge is -2.34. The third-order valence-corrected chi connectivity index (χ3v) is 6.16. The quantitative estimate of drug-likeness (QED) is 0.819. The first-order chi connectivity index (χ1) is 12.1. The number of amides is 1. The Hall–Kier alpha value is -1.60. The molecule has 1 aliphatic heterocycles. The Morgan fingerprint density at radius 1 is 1.31 bits per heavy atom. The van der Waals surface area contributed by atoms with Gasteiger partial charge in [0.05, 0.1) is 11.9 Å². The molecule has 1 heterocycles. The van der Waals surface area contributed by atoms with Gasteiger partial charge in [0, 0.05) is 6.04 Å². The van der Waals surface area contributed by atoms with Gasteiger partial charge in [0.2, 0.25) is 15.9 Å². The molecule has 0 saturated carbocycles. The monoisotopic (exact) mass is 381 g/mol. The fraction of sp³-hybridized carbons (Fsp3) is 0.632. The highest BCUT2D eigenvalue weighted by Gasteiger charge is 2.33. The van der Waals surface area contributed by atoms with Gasteiger partial charge in [-0.1, -0.05) is 19.1 Å². The molecule has 1 atom stereocenters. The summed E-state index contributed by atoms with van der Waals surface area (Å²) < 4.78 is 26.4. The second kappa shape index (κ2) is 8.39. The maximum atomic E-state index is 13.0. The van der Waals surface area contributed by atoms with Crippen LogP contribution in [0.25, 0.3) is 0 Å². The van der Waals surface area contributed by atoms with Crippen LogP contribution < -0.4 is 9.62 Å². The van der Waals surface area contributed by atoms with Crippen molar-refractivity contribution in [3.8, 4) is 0 Å². The Labute approximate surface area is 157 Å². The number of likely N-dealkylation sites (tertiary alicyclic amines) is 1. The van der Waals surface area contributed by atoms with E-state index in [1.807, 2.05) is 39.0 Å². The van der Waals surface area contributed by atoms with Crippen LogP contribution in [0.5, 0.6) is 0 Å². The van der Waals surface area contributed by atoms with Crippen LogP contribution in [0.3, 0.4) is 0 Å². The zero-order chi connectivity index (χ0) is 19.5. The van der Waals surface area contributed by atoms with E-state index < -0.39 is 16.1 Å². The fourth-order valence-electron chi connectivity index (χ4n) is 3.44. The number of aryl methyl sites for hydroxylation is 2. The molecule has 1 fully saturated rings. The lowest BCUT2D eigenvalue weighted by atomic mass is 10.0. The molecular weight excluding hydrogens is 350 g/mol. The average molecular weight is 382 g/mol. The van der Waals surface area contributed by atoms with Crippen LogP contribution >= 0.6 is 0 Å². The number of nitrogens with zero attached hydrogens (tertiary/aromatic N) is 2. The summed E-state index contributed by atoms with van der Waals surface area (Å²) in [5.74, 6) is -0.214. The first-order valence-corrected chi connectivity index (χ1v) is 11.0. The number of benzene rings is 1. The molecular formula is C19H31N3O3S. The first-order valence-electron chi connectivity index (χ1n) is 9.19. The predicted octanol–water partition coefficient (Wildman–Crippen LogP) is 2.06. The number of sulfonamides is 1. The van der Waals surface area contributed by atoms with E-state index >= 15 is 0 Å². The zero-order valence-corrected chi connectivity index (χ0v) is 17.3. The molecule has 1 aromatic rings. The first kappa shape index (κ1) is 20.7. The van der Waals surface area contributed by atoms with E-state index in [0.29, 0.717) is 12.1 Å². The number of piperidine rings is 1. The van der Waals surface area contributed by atoms with Crippen molar-refractivity contribution in [3.05, 3.63) is 29.3 Å². The van der Waals surface area contributed by atoms with Gasteiger partial charge in [0.15, 0.2) is 0 Å².